The summed E-state index contributed by atoms with van der Waals surface area (Å²) >= 11 is 0. The maximum atomic E-state index is 9.39. The van der Waals surface area contributed by atoms with Crippen molar-refractivity contribution in [2.45, 2.75) is 12.3 Å². The highest BCUT2D eigenvalue weighted by Crippen LogP contribution is 2.21. The van der Waals surface area contributed by atoms with E-state index in [2.05, 4.69) is 15.6 Å². The number of hydrogen-bond donors (Lipinski definition) is 3. The van der Waals surface area contributed by atoms with E-state index in [4.69, 9.17) is 4.74 Å². The SMILES string of the molecule is CO[C@@H]1CNC1Nc1ccc2cc(O)ccc2n1. The first kappa shape index (κ1) is 11.3. The summed E-state index contributed by atoms with van der Waals surface area (Å²) in [7, 11) is 1.71. The van der Waals surface area contributed by atoms with Crippen LogP contribution in [0.25, 0.3) is 10.9 Å². The molecule has 2 atom stereocenters. The molecule has 94 valence electrons. The number of nitrogens with one attached hydrogen (secondary N) is 2. The highest BCUT2D eigenvalue weighted by Gasteiger charge is 2.30. The molecule has 5 heteroatoms. The van der Waals surface area contributed by atoms with Gasteiger partial charge in [-0.3, -0.25) is 5.32 Å². The van der Waals surface area contributed by atoms with Crippen molar-refractivity contribution in [2.75, 3.05) is 19.0 Å². The first-order chi connectivity index (χ1) is 8.76. The molecule has 1 unspecified atom stereocenters. The zero-order valence-electron chi connectivity index (χ0n) is 10.1. The maximum absolute atomic E-state index is 9.39. The second-order valence-corrected chi connectivity index (χ2v) is 4.38. The van der Waals surface area contributed by atoms with Gasteiger partial charge in [0.25, 0.3) is 0 Å². The molecule has 1 aliphatic heterocycles. The number of aromatic nitrogens is 1. The number of aromatic hydroxyl groups is 1. The average molecular weight is 245 g/mol. The van der Waals surface area contributed by atoms with E-state index in [-0.39, 0.29) is 18.0 Å². The monoisotopic (exact) mass is 245 g/mol. The highest BCUT2D eigenvalue weighted by atomic mass is 16.5. The van der Waals surface area contributed by atoms with E-state index in [1.165, 1.54) is 0 Å². The third-order valence-corrected chi connectivity index (χ3v) is 3.19. The Morgan fingerprint density at radius 3 is 3.00 bits per heavy atom. The predicted molar refractivity (Wildman–Crippen MR) is 69.6 cm³/mol. The van der Waals surface area contributed by atoms with E-state index < -0.39 is 0 Å². The zero-order valence-corrected chi connectivity index (χ0v) is 10.1. The van der Waals surface area contributed by atoms with Crippen LogP contribution in [0, 0.1) is 0 Å². The van der Waals surface area contributed by atoms with Crippen molar-refractivity contribution in [3.63, 3.8) is 0 Å². The van der Waals surface area contributed by atoms with Gasteiger partial charge in [-0.15, -0.1) is 0 Å². The predicted octanol–water partition coefficient (Wildman–Crippen LogP) is 1.30. The first-order valence-corrected chi connectivity index (χ1v) is 5.89. The Morgan fingerprint density at radius 2 is 2.28 bits per heavy atom. The standard InChI is InChI=1S/C13H15N3O2/c1-18-11-7-14-13(11)16-12-5-2-8-6-9(17)3-4-10(8)15-12/h2-6,11,13-14,17H,7H2,1H3,(H,15,16)/t11-,13?/m1/s1. The van der Waals surface area contributed by atoms with E-state index in [1.54, 1.807) is 25.3 Å². The molecule has 0 aliphatic carbocycles. The molecule has 3 N–H and O–H groups in total. The van der Waals surface area contributed by atoms with Crippen LogP contribution in [0.15, 0.2) is 30.3 Å². The van der Waals surface area contributed by atoms with E-state index in [0.29, 0.717) is 0 Å². The number of anilines is 1. The van der Waals surface area contributed by atoms with Gasteiger partial charge in [-0.2, -0.15) is 0 Å². The van der Waals surface area contributed by atoms with Crippen molar-refractivity contribution in [3.8, 4) is 5.75 Å². The molecule has 3 rings (SSSR count). The van der Waals surface area contributed by atoms with Crippen molar-refractivity contribution in [1.82, 2.24) is 10.3 Å². The fraction of sp³-hybridized carbons (Fsp3) is 0.308. The van der Waals surface area contributed by atoms with Crippen LogP contribution in [0.1, 0.15) is 0 Å². The average Bonchev–Trinajstić information content (AvgIpc) is 2.35. The third kappa shape index (κ3) is 1.98. The number of benzene rings is 1. The summed E-state index contributed by atoms with van der Waals surface area (Å²) in [5.74, 6) is 1.05. The van der Waals surface area contributed by atoms with E-state index in [1.807, 2.05) is 12.1 Å². The van der Waals surface area contributed by atoms with Crippen molar-refractivity contribution >= 4 is 16.7 Å². The topological polar surface area (TPSA) is 66.4 Å². The lowest BCUT2D eigenvalue weighted by atomic mass is 10.1. The smallest absolute Gasteiger partial charge is 0.127 e. The Bertz CT molecular complexity index is 571. The summed E-state index contributed by atoms with van der Waals surface area (Å²) < 4.78 is 5.29. The summed E-state index contributed by atoms with van der Waals surface area (Å²) in [6, 6.07) is 8.97. The van der Waals surface area contributed by atoms with Crippen LogP contribution in [0.3, 0.4) is 0 Å². The van der Waals surface area contributed by atoms with E-state index >= 15 is 0 Å². The molecule has 18 heavy (non-hydrogen) atoms. The molecular formula is C13H15N3O2. The molecule has 1 aromatic carbocycles. The normalized spacial score (nSPS) is 22.7. The fourth-order valence-corrected chi connectivity index (χ4v) is 2.05. The number of fused-ring (bicyclic) bond motifs is 1. The van der Waals surface area contributed by atoms with Gasteiger partial charge in [0, 0.05) is 19.0 Å². The number of ether oxygens (including phenoxy) is 1. The van der Waals surface area contributed by atoms with Gasteiger partial charge < -0.3 is 15.2 Å². The van der Waals surface area contributed by atoms with Crippen LogP contribution >= 0.6 is 0 Å². The van der Waals surface area contributed by atoms with Gasteiger partial charge in [0.1, 0.15) is 23.8 Å². The summed E-state index contributed by atoms with van der Waals surface area (Å²) in [6.07, 6.45) is 0.291. The molecular weight excluding hydrogens is 230 g/mol. The fourth-order valence-electron chi connectivity index (χ4n) is 2.05. The van der Waals surface area contributed by atoms with Crippen molar-refractivity contribution in [3.05, 3.63) is 30.3 Å². The van der Waals surface area contributed by atoms with Crippen molar-refractivity contribution < 1.29 is 9.84 Å². The van der Waals surface area contributed by atoms with Crippen LogP contribution in [-0.4, -0.2) is 36.0 Å². The van der Waals surface area contributed by atoms with Crippen LogP contribution in [0.4, 0.5) is 5.82 Å². The lowest BCUT2D eigenvalue weighted by Gasteiger charge is -2.37. The van der Waals surface area contributed by atoms with Crippen molar-refractivity contribution in [1.29, 1.82) is 0 Å². The lowest BCUT2D eigenvalue weighted by Crippen LogP contribution is -2.62. The van der Waals surface area contributed by atoms with Gasteiger partial charge in [-0.1, -0.05) is 0 Å². The van der Waals surface area contributed by atoms with Gasteiger partial charge in [-0.25, -0.2) is 4.98 Å². The second kappa shape index (κ2) is 4.44. The summed E-state index contributed by atoms with van der Waals surface area (Å²) in [5, 5.41) is 16.8. The number of methoxy groups -OCH3 is 1. The second-order valence-electron chi connectivity index (χ2n) is 4.38. The number of pyridine rings is 1. The quantitative estimate of drug-likeness (QED) is 0.760. The minimum Gasteiger partial charge on any atom is -0.508 e. The van der Waals surface area contributed by atoms with Gasteiger partial charge in [0.15, 0.2) is 0 Å². The molecule has 1 saturated heterocycles. The van der Waals surface area contributed by atoms with Gasteiger partial charge >= 0.3 is 0 Å². The molecule has 2 heterocycles. The largest absolute Gasteiger partial charge is 0.508 e. The number of hydrogen-bond acceptors (Lipinski definition) is 5. The van der Waals surface area contributed by atoms with Gasteiger partial charge in [0.05, 0.1) is 5.52 Å². The molecule has 1 fully saturated rings. The van der Waals surface area contributed by atoms with Crippen LogP contribution in [0.2, 0.25) is 0 Å². The Balaban J connectivity index is 1.83. The molecule has 1 aliphatic rings. The molecule has 0 spiro atoms. The minimum absolute atomic E-state index is 0.108. The molecule has 0 saturated carbocycles. The lowest BCUT2D eigenvalue weighted by molar-refractivity contribution is 0.0263. The van der Waals surface area contributed by atoms with Gasteiger partial charge in [-0.05, 0) is 30.3 Å². The highest BCUT2D eigenvalue weighted by molar-refractivity contribution is 5.81. The molecule has 2 aromatic rings. The summed E-state index contributed by atoms with van der Waals surface area (Å²) in [5.41, 5.74) is 0.853. The van der Waals surface area contributed by atoms with E-state index in [9.17, 15) is 5.11 Å². The first-order valence-electron chi connectivity index (χ1n) is 5.89. The zero-order chi connectivity index (χ0) is 12.5. The number of rotatable bonds is 3. The van der Waals surface area contributed by atoms with E-state index in [0.717, 1.165) is 23.3 Å². The Morgan fingerprint density at radius 1 is 1.39 bits per heavy atom. The summed E-state index contributed by atoms with van der Waals surface area (Å²) in [4.78, 5) is 4.49. The Labute approximate surface area is 105 Å². The van der Waals surface area contributed by atoms with Gasteiger partial charge in [0.2, 0.25) is 0 Å². The minimum atomic E-state index is 0.108. The molecule has 5 nitrogen and oxygen atoms in total. The number of nitrogens with zero attached hydrogens (tertiary/aromatic N) is 1. The van der Waals surface area contributed by atoms with Crippen LogP contribution in [-0.2, 0) is 4.74 Å². The van der Waals surface area contributed by atoms with Crippen LogP contribution < -0.4 is 10.6 Å². The summed E-state index contributed by atoms with van der Waals surface area (Å²) in [6.45, 7) is 0.857. The molecule has 0 amide bonds. The Hall–Kier alpha value is -1.85. The maximum Gasteiger partial charge on any atom is 0.127 e. The molecule has 1 aromatic heterocycles. The van der Waals surface area contributed by atoms with Crippen LogP contribution in [0.5, 0.6) is 5.75 Å². The number of phenols is 1. The Kier molecular flexibility index (Phi) is 2.77. The van der Waals surface area contributed by atoms with Crippen molar-refractivity contribution in [2.24, 2.45) is 0 Å². The third-order valence-electron chi connectivity index (χ3n) is 3.19. The molecule has 0 radical (unpaired) electrons. The number of phenolic OH excluding ortho intramolecular Hbond substituents is 1. The molecule has 0 bridgehead atoms.